The Morgan fingerprint density at radius 3 is 2.72 bits per heavy atom. The van der Waals surface area contributed by atoms with Crippen molar-refractivity contribution in [1.82, 2.24) is 30.2 Å². The number of aromatic nitrogens is 5. The maximum atomic E-state index is 4.98. The molecule has 4 aromatic heterocycles. The van der Waals surface area contributed by atoms with Gasteiger partial charge in [0.25, 0.3) is 0 Å². The van der Waals surface area contributed by atoms with Crippen molar-refractivity contribution < 1.29 is 0 Å². The molecule has 1 saturated heterocycles. The molecular formula is C24H28N8. The lowest BCUT2D eigenvalue weighted by Crippen LogP contribution is -2.54. The first-order chi connectivity index (χ1) is 15.6. The lowest BCUT2D eigenvalue weighted by atomic mass is 10.1. The van der Waals surface area contributed by atoms with E-state index < -0.39 is 0 Å². The summed E-state index contributed by atoms with van der Waals surface area (Å²) in [4.78, 5) is 23.8. The summed E-state index contributed by atoms with van der Waals surface area (Å²) in [5, 5.41) is 8.09. The van der Waals surface area contributed by atoms with E-state index in [-0.39, 0.29) is 6.04 Å². The molecule has 0 amide bonds. The zero-order valence-corrected chi connectivity index (χ0v) is 18.6. The lowest BCUT2D eigenvalue weighted by Gasteiger charge is -2.37. The van der Waals surface area contributed by atoms with E-state index >= 15 is 0 Å². The molecule has 32 heavy (non-hydrogen) atoms. The number of fused-ring (bicyclic) bond motifs is 1. The summed E-state index contributed by atoms with van der Waals surface area (Å²) in [6.07, 6.45) is 7.16. The van der Waals surface area contributed by atoms with Crippen LogP contribution in [-0.4, -0.2) is 50.1 Å². The zero-order chi connectivity index (χ0) is 22.1. The Kier molecular flexibility index (Phi) is 5.45. The molecule has 3 N–H and O–H groups in total. The Hall–Kier alpha value is -3.52. The third-order valence-electron chi connectivity index (χ3n) is 5.88. The van der Waals surface area contributed by atoms with E-state index in [9.17, 15) is 0 Å². The van der Waals surface area contributed by atoms with Gasteiger partial charge in [-0.2, -0.15) is 0 Å². The van der Waals surface area contributed by atoms with Crippen LogP contribution in [0.25, 0.3) is 22.2 Å². The molecule has 1 aliphatic rings. The number of anilines is 2. The number of aromatic amines is 1. The highest BCUT2D eigenvalue weighted by atomic mass is 15.3. The molecule has 0 aromatic carbocycles. The second-order valence-corrected chi connectivity index (χ2v) is 8.55. The fourth-order valence-electron chi connectivity index (χ4n) is 4.47. The van der Waals surface area contributed by atoms with Crippen molar-refractivity contribution in [3.8, 4) is 11.1 Å². The standard InChI is InChI=1S/C24H28N8/c1-15-12-32(13-16(2)29-15)21-8-4-7-20(31-21)17(3)30-24-22-19(18-6-5-9-25-10-18)11-26-23(22)27-14-28-24/h4-11,14-17,29H,12-13H2,1-3H3,(H2,26,27,28,30)/t15-,16+,17?. The molecule has 5 rings (SSSR count). The van der Waals surface area contributed by atoms with Gasteiger partial charge < -0.3 is 20.5 Å². The molecule has 0 bridgehead atoms. The van der Waals surface area contributed by atoms with Gasteiger partial charge in [-0.05, 0) is 39.0 Å². The van der Waals surface area contributed by atoms with Crippen molar-refractivity contribution in [3.63, 3.8) is 0 Å². The van der Waals surface area contributed by atoms with Gasteiger partial charge in [0.05, 0.1) is 17.1 Å². The van der Waals surface area contributed by atoms with Crippen molar-refractivity contribution in [2.24, 2.45) is 0 Å². The summed E-state index contributed by atoms with van der Waals surface area (Å²) in [6, 6.07) is 11.1. The summed E-state index contributed by atoms with van der Waals surface area (Å²) in [5.41, 5.74) is 3.81. The number of nitrogens with one attached hydrogen (secondary N) is 3. The van der Waals surface area contributed by atoms with Gasteiger partial charge in [0.15, 0.2) is 0 Å². The van der Waals surface area contributed by atoms with E-state index in [4.69, 9.17) is 4.98 Å². The molecule has 5 heterocycles. The monoisotopic (exact) mass is 428 g/mol. The fourth-order valence-corrected chi connectivity index (χ4v) is 4.47. The number of H-pyrrole nitrogens is 1. The van der Waals surface area contributed by atoms with Gasteiger partial charge in [-0.15, -0.1) is 0 Å². The topological polar surface area (TPSA) is 94.7 Å². The maximum Gasteiger partial charge on any atom is 0.143 e. The van der Waals surface area contributed by atoms with E-state index in [0.29, 0.717) is 12.1 Å². The molecule has 164 valence electrons. The first-order valence-corrected chi connectivity index (χ1v) is 11.1. The third kappa shape index (κ3) is 4.01. The van der Waals surface area contributed by atoms with Crippen LogP contribution in [0.5, 0.6) is 0 Å². The SMILES string of the molecule is CC(Nc1ncnc2[nH]cc(-c3cccnc3)c12)c1cccc(N2C[C@@H](C)N[C@@H](C)C2)n1. The molecule has 0 aliphatic carbocycles. The predicted molar refractivity (Wildman–Crippen MR) is 128 cm³/mol. The highest BCUT2D eigenvalue weighted by molar-refractivity contribution is 6.00. The Labute approximate surface area is 187 Å². The summed E-state index contributed by atoms with van der Waals surface area (Å²) in [5.74, 6) is 1.79. The molecule has 1 aliphatic heterocycles. The Balaban J connectivity index is 1.43. The van der Waals surface area contributed by atoms with Gasteiger partial charge in [0.1, 0.15) is 23.6 Å². The number of hydrogen-bond acceptors (Lipinski definition) is 7. The normalized spacial score (nSPS) is 19.8. The second-order valence-electron chi connectivity index (χ2n) is 8.55. The molecule has 0 spiro atoms. The van der Waals surface area contributed by atoms with Crippen molar-refractivity contribution in [3.05, 3.63) is 60.9 Å². The molecule has 1 fully saturated rings. The van der Waals surface area contributed by atoms with Crippen molar-refractivity contribution in [2.75, 3.05) is 23.3 Å². The molecule has 8 heteroatoms. The van der Waals surface area contributed by atoms with Gasteiger partial charge in [-0.1, -0.05) is 12.1 Å². The van der Waals surface area contributed by atoms with E-state index in [0.717, 1.165) is 52.6 Å². The Bertz CT molecular complexity index is 1200. The highest BCUT2D eigenvalue weighted by Crippen LogP contribution is 2.33. The van der Waals surface area contributed by atoms with Crippen LogP contribution < -0.4 is 15.5 Å². The minimum atomic E-state index is -0.0255. The Morgan fingerprint density at radius 2 is 1.94 bits per heavy atom. The average Bonchev–Trinajstić information content (AvgIpc) is 3.24. The van der Waals surface area contributed by atoms with Crippen LogP contribution in [-0.2, 0) is 0 Å². The van der Waals surface area contributed by atoms with Crippen LogP contribution in [0, 0.1) is 0 Å². The Morgan fingerprint density at radius 1 is 1.09 bits per heavy atom. The maximum absolute atomic E-state index is 4.98. The van der Waals surface area contributed by atoms with Crippen LogP contribution in [0.2, 0.25) is 0 Å². The van der Waals surface area contributed by atoms with Gasteiger partial charge in [0, 0.05) is 54.9 Å². The van der Waals surface area contributed by atoms with E-state index in [2.05, 4.69) is 74.4 Å². The fraction of sp³-hybridized carbons (Fsp3) is 0.333. The number of hydrogen-bond donors (Lipinski definition) is 3. The summed E-state index contributed by atoms with van der Waals surface area (Å²) in [6.45, 7) is 8.45. The van der Waals surface area contributed by atoms with Crippen molar-refractivity contribution in [1.29, 1.82) is 0 Å². The van der Waals surface area contributed by atoms with Crippen molar-refractivity contribution >= 4 is 22.7 Å². The van der Waals surface area contributed by atoms with Crippen LogP contribution in [0.4, 0.5) is 11.6 Å². The number of piperazine rings is 1. The van der Waals surface area contributed by atoms with Crippen molar-refractivity contribution in [2.45, 2.75) is 38.9 Å². The molecular weight excluding hydrogens is 400 g/mol. The van der Waals surface area contributed by atoms with E-state index in [1.165, 1.54) is 0 Å². The smallest absolute Gasteiger partial charge is 0.143 e. The number of rotatable bonds is 5. The quantitative estimate of drug-likeness (QED) is 0.445. The molecule has 8 nitrogen and oxygen atoms in total. The van der Waals surface area contributed by atoms with Gasteiger partial charge in [-0.3, -0.25) is 4.98 Å². The zero-order valence-electron chi connectivity index (χ0n) is 18.6. The molecule has 0 radical (unpaired) electrons. The van der Waals surface area contributed by atoms with Crippen LogP contribution in [0.15, 0.2) is 55.2 Å². The van der Waals surface area contributed by atoms with Crippen LogP contribution in [0.3, 0.4) is 0 Å². The largest absolute Gasteiger partial charge is 0.361 e. The highest BCUT2D eigenvalue weighted by Gasteiger charge is 2.23. The molecule has 1 unspecified atom stereocenters. The van der Waals surface area contributed by atoms with E-state index in [1.807, 2.05) is 24.5 Å². The summed E-state index contributed by atoms with van der Waals surface area (Å²) in [7, 11) is 0. The van der Waals surface area contributed by atoms with Crippen LogP contribution in [0.1, 0.15) is 32.5 Å². The molecule has 0 saturated carbocycles. The predicted octanol–water partition coefficient (Wildman–Crippen LogP) is 3.77. The first kappa shape index (κ1) is 20.4. The second kappa shape index (κ2) is 8.55. The molecule has 4 aromatic rings. The first-order valence-electron chi connectivity index (χ1n) is 11.1. The number of pyridine rings is 2. The van der Waals surface area contributed by atoms with Gasteiger partial charge in [0.2, 0.25) is 0 Å². The lowest BCUT2D eigenvalue weighted by molar-refractivity contribution is 0.405. The van der Waals surface area contributed by atoms with Gasteiger partial charge in [-0.25, -0.2) is 15.0 Å². The van der Waals surface area contributed by atoms with Crippen LogP contribution >= 0.6 is 0 Å². The summed E-state index contributed by atoms with van der Waals surface area (Å²) >= 11 is 0. The molecule has 3 atom stereocenters. The minimum Gasteiger partial charge on any atom is -0.361 e. The minimum absolute atomic E-state index is 0.0255. The summed E-state index contributed by atoms with van der Waals surface area (Å²) < 4.78 is 0. The third-order valence-corrected chi connectivity index (χ3v) is 5.88. The average molecular weight is 429 g/mol. The van der Waals surface area contributed by atoms with Gasteiger partial charge >= 0.3 is 0 Å². The number of nitrogens with zero attached hydrogens (tertiary/aromatic N) is 5. The van der Waals surface area contributed by atoms with E-state index in [1.54, 1.807) is 12.5 Å².